The average Bonchev–Trinajstić information content (AvgIpc) is 2.74. The number of carbonyl (C=O) groups excluding carboxylic acids is 1. The summed E-state index contributed by atoms with van der Waals surface area (Å²) in [6.45, 7) is 10.0. The van der Waals surface area contributed by atoms with Crippen molar-refractivity contribution in [3.63, 3.8) is 0 Å². The molecule has 0 aliphatic rings. The number of carbonyl (C=O) groups is 1. The number of aryl methyl sites for hydroxylation is 1. The van der Waals surface area contributed by atoms with E-state index in [4.69, 9.17) is 0 Å². The van der Waals surface area contributed by atoms with E-state index in [2.05, 4.69) is 24.3 Å². The fourth-order valence-corrected chi connectivity index (χ4v) is 2.24. The number of rotatable bonds is 4. The van der Waals surface area contributed by atoms with Gasteiger partial charge in [-0.05, 0) is 38.8 Å². The first-order valence-electron chi connectivity index (χ1n) is 7.34. The van der Waals surface area contributed by atoms with E-state index >= 15 is 0 Å². The maximum atomic E-state index is 12.5. The van der Waals surface area contributed by atoms with Gasteiger partial charge in [0.2, 0.25) is 0 Å². The van der Waals surface area contributed by atoms with Gasteiger partial charge in [0.25, 0.3) is 5.91 Å². The number of hydrogen-bond acceptors (Lipinski definition) is 2. The largest absolute Gasteiger partial charge is 0.349 e. The first-order chi connectivity index (χ1) is 9.91. The Balaban J connectivity index is 2.34. The first kappa shape index (κ1) is 15.3. The predicted molar refractivity (Wildman–Crippen MR) is 84.8 cm³/mol. The number of nitrogens with one attached hydrogen (secondary N) is 1. The fraction of sp³-hybridized carbons (Fsp3) is 0.412. The number of hydrogen-bond donors (Lipinski definition) is 1. The van der Waals surface area contributed by atoms with Crippen molar-refractivity contribution < 1.29 is 4.79 Å². The molecule has 4 nitrogen and oxygen atoms in total. The SMILES string of the molecule is Cc1nn(-c2ccccc2)c(C)c1C(=O)NC(C)C(C)C. The van der Waals surface area contributed by atoms with Crippen molar-refractivity contribution in [3.8, 4) is 5.69 Å². The monoisotopic (exact) mass is 285 g/mol. The Hall–Kier alpha value is -2.10. The highest BCUT2D eigenvalue weighted by Gasteiger charge is 2.21. The molecule has 0 bridgehead atoms. The Kier molecular flexibility index (Phi) is 4.46. The summed E-state index contributed by atoms with van der Waals surface area (Å²) >= 11 is 0. The third-order valence-electron chi connectivity index (χ3n) is 3.88. The highest BCUT2D eigenvalue weighted by atomic mass is 16.1. The van der Waals surface area contributed by atoms with E-state index in [1.165, 1.54) is 0 Å². The van der Waals surface area contributed by atoms with Crippen LogP contribution in [-0.2, 0) is 0 Å². The van der Waals surface area contributed by atoms with Crippen molar-refractivity contribution in [3.05, 3.63) is 47.3 Å². The van der Waals surface area contributed by atoms with Gasteiger partial charge in [0.05, 0.1) is 22.6 Å². The molecule has 0 fully saturated rings. The molecular formula is C17H23N3O. The van der Waals surface area contributed by atoms with Crippen LogP contribution in [0.15, 0.2) is 30.3 Å². The average molecular weight is 285 g/mol. The van der Waals surface area contributed by atoms with Gasteiger partial charge in [-0.1, -0.05) is 32.0 Å². The second-order valence-corrected chi connectivity index (χ2v) is 5.80. The second kappa shape index (κ2) is 6.12. The van der Waals surface area contributed by atoms with E-state index in [1.54, 1.807) is 0 Å². The van der Waals surface area contributed by atoms with Crippen LogP contribution in [0.5, 0.6) is 0 Å². The molecule has 0 radical (unpaired) electrons. The summed E-state index contributed by atoms with van der Waals surface area (Å²) in [4.78, 5) is 12.5. The molecule has 0 saturated carbocycles. The Bertz CT molecular complexity index is 629. The smallest absolute Gasteiger partial charge is 0.255 e. The van der Waals surface area contributed by atoms with Crippen LogP contribution >= 0.6 is 0 Å². The van der Waals surface area contributed by atoms with Crippen LogP contribution in [0, 0.1) is 19.8 Å². The molecule has 1 atom stereocenters. The number of amides is 1. The maximum absolute atomic E-state index is 12.5. The Morgan fingerprint density at radius 3 is 2.33 bits per heavy atom. The minimum absolute atomic E-state index is 0.0478. The fourth-order valence-electron chi connectivity index (χ4n) is 2.24. The third kappa shape index (κ3) is 3.15. The molecule has 2 aromatic rings. The van der Waals surface area contributed by atoms with E-state index in [1.807, 2.05) is 55.8 Å². The molecule has 2 rings (SSSR count). The molecular weight excluding hydrogens is 262 g/mol. The van der Waals surface area contributed by atoms with Crippen LogP contribution < -0.4 is 5.32 Å². The first-order valence-corrected chi connectivity index (χ1v) is 7.34. The van der Waals surface area contributed by atoms with Crippen molar-refractivity contribution in [2.24, 2.45) is 5.92 Å². The lowest BCUT2D eigenvalue weighted by atomic mass is 10.1. The summed E-state index contributed by atoms with van der Waals surface area (Å²) in [5.41, 5.74) is 3.26. The van der Waals surface area contributed by atoms with Crippen molar-refractivity contribution >= 4 is 5.91 Å². The molecule has 4 heteroatoms. The highest BCUT2D eigenvalue weighted by molar-refractivity contribution is 5.96. The van der Waals surface area contributed by atoms with Crippen LogP contribution in [0.3, 0.4) is 0 Å². The molecule has 1 unspecified atom stereocenters. The maximum Gasteiger partial charge on any atom is 0.255 e. The topological polar surface area (TPSA) is 46.9 Å². The van der Waals surface area contributed by atoms with Crippen LogP contribution in [-0.4, -0.2) is 21.7 Å². The summed E-state index contributed by atoms with van der Waals surface area (Å²) in [5.74, 6) is 0.354. The van der Waals surface area contributed by atoms with Crippen LogP contribution in [0.1, 0.15) is 42.5 Å². The van der Waals surface area contributed by atoms with Crippen molar-refractivity contribution in [1.29, 1.82) is 0 Å². The zero-order valence-electron chi connectivity index (χ0n) is 13.3. The molecule has 21 heavy (non-hydrogen) atoms. The van der Waals surface area contributed by atoms with Gasteiger partial charge in [-0.2, -0.15) is 5.10 Å². The minimum Gasteiger partial charge on any atom is -0.349 e. The number of benzene rings is 1. The summed E-state index contributed by atoms with van der Waals surface area (Å²) < 4.78 is 1.82. The van der Waals surface area contributed by atoms with Crippen LogP contribution in [0.4, 0.5) is 0 Å². The van der Waals surface area contributed by atoms with E-state index < -0.39 is 0 Å². The van der Waals surface area contributed by atoms with Crippen molar-refractivity contribution in [2.75, 3.05) is 0 Å². The third-order valence-corrected chi connectivity index (χ3v) is 3.88. The lowest BCUT2D eigenvalue weighted by molar-refractivity contribution is 0.0929. The zero-order chi connectivity index (χ0) is 15.6. The summed E-state index contributed by atoms with van der Waals surface area (Å²) in [5, 5.41) is 7.56. The summed E-state index contributed by atoms with van der Waals surface area (Å²) in [6.07, 6.45) is 0. The molecule has 0 spiro atoms. The van der Waals surface area contributed by atoms with Crippen molar-refractivity contribution in [2.45, 2.75) is 40.7 Å². The van der Waals surface area contributed by atoms with Crippen molar-refractivity contribution in [1.82, 2.24) is 15.1 Å². The lowest BCUT2D eigenvalue weighted by Crippen LogP contribution is -2.36. The molecule has 112 valence electrons. The number of nitrogens with zero attached hydrogens (tertiary/aromatic N) is 2. The molecule has 1 heterocycles. The standard InChI is InChI=1S/C17H23N3O/c1-11(2)12(3)18-17(21)16-13(4)19-20(14(16)5)15-9-7-6-8-10-15/h6-12H,1-5H3,(H,18,21). The van der Waals surface area contributed by atoms with Gasteiger partial charge in [0.1, 0.15) is 0 Å². The Morgan fingerprint density at radius 2 is 1.76 bits per heavy atom. The molecule has 0 aliphatic heterocycles. The van der Waals surface area contributed by atoms with Gasteiger partial charge < -0.3 is 5.32 Å². The number of para-hydroxylation sites is 1. The molecule has 1 aromatic heterocycles. The van der Waals surface area contributed by atoms with E-state index in [9.17, 15) is 4.79 Å². The lowest BCUT2D eigenvalue weighted by Gasteiger charge is -2.17. The zero-order valence-corrected chi connectivity index (χ0v) is 13.3. The minimum atomic E-state index is -0.0478. The highest BCUT2D eigenvalue weighted by Crippen LogP contribution is 2.18. The Morgan fingerprint density at radius 1 is 1.14 bits per heavy atom. The summed E-state index contributed by atoms with van der Waals surface area (Å²) in [6, 6.07) is 10.00. The van der Waals surface area contributed by atoms with Gasteiger partial charge in [0.15, 0.2) is 0 Å². The summed E-state index contributed by atoms with van der Waals surface area (Å²) in [7, 11) is 0. The van der Waals surface area contributed by atoms with E-state index in [0.717, 1.165) is 17.1 Å². The van der Waals surface area contributed by atoms with E-state index in [0.29, 0.717) is 11.5 Å². The van der Waals surface area contributed by atoms with Gasteiger partial charge in [-0.3, -0.25) is 4.79 Å². The molecule has 1 N–H and O–H groups in total. The molecule has 1 aromatic carbocycles. The van der Waals surface area contributed by atoms with Gasteiger partial charge in [-0.25, -0.2) is 4.68 Å². The number of aromatic nitrogens is 2. The van der Waals surface area contributed by atoms with Gasteiger partial charge >= 0.3 is 0 Å². The van der Waals surface area contributed by atoms with Gasteiger partial charge in [-0.15, -0.1) is 0 Å². The molecule has 0 saturated heterocycles. The predicted octanol–water partition coefficient (Wildman–Crippen LogP) is 3.26. The van der Waals surface area contributed by atoms with Crippen LogP contribution in [0.25, 0.3) is 5.69 Å². The molecule has 0 aliphatic carbocycles. The van der Waals surface area contributed by atoms with E-state index in [-0.39, 0.29) is 11.9 Å². The second-order valence-electron chi connectivity index (χ2n) is 5.80. The molecule has 1 amide bonds. The van der Waals surface area contributed by atoms with Crippen LogP contribution in [0.2, 0.25) is 0 Å². The quantitative estimate of drug-likeness (QED) is 0.937. The normalized spacial score (nSPS) is 12.5. The Labute approximate surface area is 126 Å². The van der Waals surface area contributed by atoms with Gasteiger partial charge in [0, 0.05) is 6.04 Å².